The zero-order valence-corrected chi connectivity index (χ0v) is 12.7. The Kier molecular flexibility index (Phi) is 2.96. The third kappa shape index (κ3) is 2.15. The molecule has 0 aromatic carbocycles. The van der Waals surface area contributed by atoms with E-state index < -0.39 is 0 Å². The number of nitrogens with zero attached hydrogens (tertiary/aromatic N) is 1. The summed E-state index contributed by atoms with van der Waals surface area (Å²) >= 11 is 1.77. The molecule has 4 fully saturated rings. The maximum Gasteiger partial charge on any atom is 0.0898 e. The topological polar surface area (TPSA) is 24.9 Å². The van der Waals surface area contributed by atoms with E-state index in [2.05, 4.69) is 29.5 Å². The Morgan fingerprint density at radius 2 is 1.79 bits per heavy atom. The van der Waals surface area contributed by atoms with Crippen LogP contribution in [0.5, 0.6) is 0 Å². The molecule has 4 aliphatic rings. The largest absolute Gasteiger partial charge is 0.305 e. The van der Waals surface area contributed by atoms with Crippen LogP contribution < -0.4 is 5.32 Å². The molecule has 1 unspecified atom stereocenters. The molecular formula is C16H24N2S. The highest BCUT2D eigenvalue weighted by molar-refractivity contribution is 7.09. The lowest BCUT2D eigenvalue weighted by atomic mass is 9.54. The second-order valence-electron chi connectivity index (χ2n) is 7.14. The summed E-state index contributed by atoms with van der Waals surface area (Å²) in [4.78, 5) is 4.65. The van der Waals surface area contributed by atoms with Gasteiger partial charge in [0.25, 0.3) is 0 Å². The van der Waals surface area contributed by atoms with Crippen molar-refractivity contribution in [2.45, 2.75) is 58.0 Å². The van der Waals surface area contributed by atoms with Gasteiger partial charge in [-0.15, -0.1) is 11.3 Å². The van der Waals surface area contributed by atoms with E-state index in [1.54, 1.807) is 17.8 Å². The third-order valence-electron chi connectivity index (χ3n) is 5.75. The van der Waals surface area contributed by atoms with Crippen LogP contribution in [0.25, 0.3) is 0 Å². The van der Waals surface area contributed by atoms with E-state index in [4.69, 9.17) is 0 Å². The predicted molar refractivity (Wildman–Crippen MR) is 79.2 cm³/mol. The van der Waals surface area contributed by atoms with Crippen LogP contribution in [-0.4, -0.2) is 11.0 Å². The van der Waals surface area contributed by atoms with Crippen LogP contribution in [0.2, 0.25) is 0 Å². The number of thiazole rings is 1. The Labute approximate surface area is 120 Å². The Hall–Kier alpha value is -0.410. The first kappa shape index (κ1) is 12.3. The summed E-state index contributed by atoms with van der Waals surface area (Å²) in [5.74, 6) is 4.05. The third-order valence-corrected chi connectivity index (χ3v) is 6.54. The van der Waals surface area contributed by atoms with Gasteiger partial charge in [-0.3, -0.25) is 0 Å². The fourth-order valence-corrected chi connectivity index (χ4v) is 5.86. The van der Waals surface area contributed by atoms with Gasteiger partial charge in [0, 0.05) is 17.5 Å². The standard InChI is InChI=1S/C16H24N2S/c1-9(15-8-19-10(2)18-15)17-16-13-4-11-3-12(6-13)7-14(16)5-11/h8-9,11-14,16-17H,3-7H2,1-2H3. The molecular weight excluding hydrogens is 252 g/mol. The van der Waals surface area contributed by atoms with Gasteiger partial charge in [0.15, 0.2) is 0 Å². The molecule has 3 heteroatoms. The fourth-order valence-electron chi connectivity index (χ4n) is 5.15. The van der Waals surface area contributed by atoms with E-state index in [0.29, 0.717) is 6.04 Å². The maximum absolute atomic E-state index is 4.65. The van der Waals surface area contributed by atoms with Gasteiger partial charge >= 0.3 is 0 Å². The van der Waals surface area contributed by atoms with Crippen molar-refractivity contribution in [3.05, 3.63) is 16.1 Å². The molecule has 2 nitrogen and oxygen atoms in total. The normalized spacial score (nSPS) is 41.7. The minimum atomic E-state index is 0.424. The van der Waals surface area contributed by atoms with Crippen molar-refractivity contribution in [1.82, 2.24) is 10.3 Å². The van der Waals surface area contributed by atoms with Gasteiger partial charge in [-0.1, -0.05) is 0 Å². The average Bonchev–Trinajstić information content (AvgIpc) is 2.79. The second-order valence-corrected chi connectivity index (χ2v) is 8.20. The minimum absolute atomic E-state index is 0.424. The molecule has 5 rings (SSSR count). The molecule has 0 aliphatic heterocycles. The second kappa shape index (κ2) is 4.56. The van der Waals surface area contributed by atoms with Crippen LogP contribution in [0.3, 0.4) is 0 Å². The Morgan fingerprint density at radius 3 is 2.32 bits per heavy atom. The summed E-state index contributed by atoms with van der Waals surface area (Å²) < 4.78 is 0. The monoisotopic (exact) mass is 276 g/mol. The summed E-state index contributed by atoms with van der Waals surface area (Å²) in [6, 6.07) is 1.19. The van der Waals surface area contributed by atoms with Gasteiger partial charge in [-0.25, -0.2) is 4.98 Å². The van der Waals surface area contributed by atoms with Crippen molar-refractivity contribution in [1.29, 1.82) is 0 Å². The number of hydrogen-bond acceptors (Lipinski definition) is 3. The fraction of sp³-hybridized carbons (Fsp3) is 0.812. The number of nitrogens with one attached hydrogen (secondary N) is 1. The number of hydrogen-bond donors (Lipinski definition) is 1. The molecule has 0 spiro atoms. The van der Waals surface area contributed by atoms with Crippen LogP contribution in [0.1, 0.15) is 55.8 Å². The van der Waals surface area contributed by atoms with Gasteiger partial charge in [0.05, 0.1) is 10.7 Å². The van der Waals surface area contributed by atoms with Gasteiger partial charge < -0.3 is 5.32 Å². The molecule has 104 valence electrons. The lowest BCUT2D eigenvalue weighted by molar-refractivity contribution is -0.0172. The first-order chi connectivity index (χ1) is 9.19. The zero-order valence-electron chi connectivity index (χ0n) is 11.9. The molecule has 19 heavy (non-hydrogen) atoms. The molecule has 4 bridgehead atoms. The van der Waals surface area contributed by atoms with Crippen LogP contribution in [-0.2, 0) is 0 Å². The number of rotatable bonds is 3. The van der Waals surface area contributed by atoms with E-state index >= 15 is 0 Å². The van der Waals surface area contributed by atoms with Gasteiger partial charge in [-0.2, -0.15) is 0 Å². The first-order valence-electron chi connectivity index (χ1n) is 7.87. The highest BCUT2D eigenvalue weighted by Crippen LogP contribution is 2.54. The molecule has 1 atom stereocenters. The van der Waals surface area contributed by atoms with E-state index in [1.807, 2.05) is 0 Å². The van der Waals surface area contributed by atoms with Crippen LogP contribution in [0.4, 0.5) is 0 Å². The molecule has 0 amide bonds. The molecule has 0 radical (unpaired) electrons. The smallest absolute Gasteiger partial charge is 0.0898 e. The van der Waals surface area contributed by atoms with Crippen molar-refractivity contribution in [3.63, 3.8) is 0 Å². The molecule has 1 N–H and O–H groups in total. The van der Waals surface area contributed by atoms with Crippen molar-refractivity contribution in [2.24, 2.45) is 23.7 Å². The van der Waals surface area contributed by atoms with Gasteiger partial charge in [-0.05, 0) is 69.6 Å². The lowest BCUT2D eigenvalue weighted by Gasteiger charge is -2.55. The molecule has 1 heterocycles. The van der Waals surface area contributed by atoms with Crippen molar-refractivity contribution >= 4 is 11.3 Å². The summed E-state index contributed by atoms with van der Waals surface area (Å²) in [5, 5.41) is 7.35. The Bertz CT molecular complexity index is 439. The van der Waals surface area contributed by atoms with Crippen LogP contribution in [0, 0.1) is 30.6 Å². The van der Waals surface area contributed by atoms with Crippen LogP contribution >= 0.6 is 11.3 Å². The highest BCUT2D eigenvalue weighted by Gasteiger charge is 2.48. The average molecular weight is 276 g/mol. The van der Waals surface area contributed by atoms with E-state index in [9.17, 15) is 0 Å². The summed E-state index contributed by atoms with van der Waals surface area (Å²) in [6.07, 6.45) is 7.52. The highest BCUT2D eigenvalue weighted by atomic mass is 32.1. The molecule has 1 aromatic rings. The van der Waals surface area contributed by atoms with E-state index in [1.165, 1.54) is 36.4 Å². The molecule has 4 saturated carbocycles. The van der Waals surface area contributed by atoms with E-state index in [0.717, 1.165) is 29.7 Å². The Balaban J connectivity index is 1.48. The molecule has 4 aliphatic carbocycles. The van der Waals surface area contributed by atoms with Gasteiger partial charge in [0.1, 0.15) is 0 Å². The molecule has 1 aromatic heterocycles. The number of aromatic nitrogens is 1. The summed E-state index contributed by atoms with van der Waals surface area (Å²) in [7, 11) is 0. The van der Waals surface area contributed by atoms with E-state index in [-0.39, 0.29) is 0 Å². The lowest BCUT2D eigenvalue weighted by Crippen LogP contribution is -2.54. The summed E-state index contributed by atoms with van der Waals surface area (Å²) in [6.45, 7) is 4.39. The minimum Gasteiger partial charge on any atom is -0.305 e. The quantitative estimate of drug-likeness (QED) is 0.905. The van der Waals surface area contributed by atoms with Crippen molar-refractivity contribution in [3.8, 4) is 0 Å². The first-order valence-corrected chi connectivity index (χ1v) is 8.75. The predicted octanol–water partition coefficient (Wildman–Crippen LogP) is 3.93. The van der Waals surface area contributed by atoms with Gasteiger partial charge in [0.2, 0.25) is 0 Å². The van der Waals surface area contributed by atoms with Crippen LogP contribution in [0.15, 0.2) is 5.38 Å². The van der Waals surface area contributed by atoms with Crippen molar-refractivity contribution < 1.29 is 0 Å². The Morgan fingerprint density at radius 1 is 1.16 bits per heavy atom. The summed E-state index contributed by atoms with van der Waals surface area (Å²) in [5.41, 5.74) is 1.25. The molecule has 0 saturated heterocycles. The SMILES string of the molecule is Cc1nc(C(C)NC2C3CC4CC(C3)CC2C4)cs1. The number of aryl methyl sites for hydroxylation is 1. The van der Waals surface area contributed by atoms with Crippen molar-refractivity contribution in [2.75, 3.05) is 0 Å². The zero-order chi connectivity index (χ0) is 13.0. The maximum atomic E-state index is 4.65.